The lowest BCUT2D eigenvalue weighted by molar-refractivity contribution is -0.551. The number of rotatable bonds is 10. The Kier molecular flexibility index (Phi) is 7.35. The molecule has 1 unspecified atom stereocenters. The Hall–Kier alpha value is -1.03. The summed E-state index contributed by atoms with van der Waals surface area (Å²) in [7, 11) is -2.70. The minimum atomic E-state index is -2.70. The third kappa shape index (κ3) is 4.39. The molecule has 1 aliphatic heterocycles. The summed E-state index contributed by atoms with van der Waals surface area (Å²) in [5.41, 5.74) is 1.74. The minimum absolute atomic E-state index is 0.107. The number of quaternary nitrogens is 1. The van der Waals surface area contributed by atoms with Crippen molar-refractivity contribution in [3.63, 3.8) is 0 Å². The van der Waals surface area contributed by atoms with Crippen LogP contribution >= 0.6 is 0 Å². The van der Waals surface area contributed by atoms with Gasteiger partial charge in [0.25, 0.3) is 0 Å². The van der Waals surface area contributed by atoms with E-state index in [-0.39, 0.29) is 16.1 Å². The molecule has 2 amide bonds. The van der Waals surface area contributed by atoms with Gasteiger partial charge in [0, 0.05) is 25.9 Å². The molecule has 1 atom stereocenters. The van der Waals surface area contributed by atoms with Crippen LogP contribution in [-0.4, -0.2) is 40.4 Å². The maximum Gasteiger partial charge on any atom is 0.500 e. The largest absolute Gasteiger partial charge is 0.500 e. The Bertz CT molecular complexity index is 622. The van der Waals surface area contributed by atoms with Crippen LogP contribution in [0, 0.1) is 0 Å². The van der Waals surface area contributed by atoms with E-state index in [0.29, 0.717) is 43.4 Å². The second-order valence-electron chi connectivity index (χ2n) is 5.66. The van der Waals surface area contributed by atoms with Crippen molar-refractivity contribution in [2.75, 3.05) is 19.8 Å². The Labute approximate surface area is 155 Å². The molecule has 0 saturated heterocycles. The van der Waals surface area contributed by atoms with E-state index >= 15 is 0 Å². The molecule has 0 spiro atoms. The molecular weight excluding hydrogens is 358 g/mol. The lowest BCUT2D eigenvalue weighted by Crippen LogP contribution is -3.10. The third-order valence-electron chi connectivity index (χ3n) is 4.06. The lowest BCUT2D eigenvalue weighted by Gasteiger charge is -2.28. The first-order chi connectivity index (χ1) is 12.0. The van der Waals surface area contributed by atoms with Gasteiger partial charge in [-0.25, -0.2) is 9.59 Å². The highest BCUT2D eigenvalue weighted by atomic mass is 32.1. The molecule has 1 aliphatic rings. The minimum Gasteiger partial charge on any atom is -0.477 e. The fourth-order valence-electron chi connectivity index (χ4n) is 3.10. The number of hydrogen-bond donors (Lipinski definition) is 1. The van der Waals surface area contributed by atoms with Crippen molar-refractivity contribution in [2.45, 2.75) is 39.7 Å². The van der Waals surface area contributed by atoms with Crippen LogP contribution in [0.4, 0.5) is 0 Å². The molecule has 0 radical (unpaired) electrons. The quantitative estimate of drug-likeness (QED) is 0.373. The molecule has 0 fully saturated rings. The van der Waals surface area contributed by atoms with Gasteiger partial charge in [-0.3, -0.25) is 0 Å². The Balaban J connectivity index is 2.12. The van der Waals surface area contributed by atoms with Crippen LogP contribution < -0.4 is 4.31 Å². The zero-order chi connectivity index (χ0) is 18.4. The first-order valence-corrected chi connectivity index (χ1v) is 11.0. The third-order valence-corrected chi connectivity index (χ3v) is 7.58. The summed E-state index contributed by atoms with van der Waals surface area (Å²) in [6.45, 7) is 7.38. The van der Waals surface area contributed by atoms with Gasteiger partial charge in [0.1, 0.15) is 0 Å². The lowest BCUT2D eigenvalue weighted by atomic mass is 9.99. The van der Waals surface area contributed by atoms with E-state index in [0.717, 1.165) is 12.0 Å². The van der Waals surface area contributed by atoms with E-state index in [1.807, 2.05) is 26.8 Å². The van der Waals surface area contributed by atoms with Gasteiger partial charge in [-0.2, -0.15) is 0 Å². The van der Waals surface area contributed by atoms with Gasteiger partial charge in [-0.15, -0.1) is 0 Å². The van der Waals surface area contributed by atoms with Crippen molar-refractivity contribution in [2.24, 2.45) is 0 Å². The molecule has 0 saturated carbocycles. The molecule has 0 aliphatic carbocycles. The zero-order valence-electron chi connectivity index (χ0n) is 14.9. The van der Waals surface area contributed by atoms with E-state index < -0.39 is 8.80 Å². The first kappa shape index (κ1) is 20.3. The van der Waals surface area contributed by atoms with Gasteiger partial charge in [-0.05, 0) is 45.2 Å². The number of aryl methyl sites for hydroxylation is 1. The molecule has 0 aromatic heterocycles. The number of amides is 2. The highest BCUT2D eigenvalue weighted by molar-refractivity contribution is 7.52. The number of carbonyl (C=O) groups excluding carboxylic acids is 2. The van der Waals surface area contributed by atoms with Crippen LogP contribution in [0.25, 0.3) is 0 Å². The molecule has 2 rings (SSSR count). The average molecular weight is 384 g/mol. The van der Waals surface area contributed by atoms with Crippen molar-refractivity contribution in [3.05, 3.63) is 34.9 Å². The molecule has 1 aromatic carbocycles. The van der Waals surface area contributed by atoms with Crippen molar-refractivity contribution in [3.8, 4) is 0 Å². The molecule has 138 valence electrons. The summed E-state index contributed by atoms with van der Waals surface area (Å²) in [5.74, 6) is -0.660. The number of carbonyl (C=O) groups is 2. The monoisotopic (exact) mass is 383 g/mol. The SMILES string of the molecule is CCO[Si](CCCc1cccc2c1C(=O)[NH+]([S-])C2=O)(OCC)OCC. The number of imide groups is 1. The number of hydrogen-bond acceptors (Lipinski definition) is 6. The Morgan fingerprint density at radius 3 is 2.16 bits per heavy atom. The van der Waals surface area contributed by atoms with Crippen LogP contribution in [0.5, 0.6) is 0 Å². The predicted molar refractivity (Wildman–Crippen MR) is 97.2 cm³/mol. The maximum atomic E-state index is 12.3. The second kappa shape index (κ2) is 9.06. The normalized spacial score (nSPS) is 17.2. The van der Waals surface area contributed by atoms with Gasteiger partial charge in [0.2, 0.25) is 0 Å². The fraction of sp³-hybridized carbons (Fsp3) is 0.529. The van der Waals surface area contributed by atoms with Gasteiger partial charge >= 0.3 is 20.6 Å². The molecule has 25 heavy (non-hydrogen) atoms. The van der Waals surface area contributed by atoms with E-state index in [2.05, 4.69) is 0 Å². The number of nitrogens with one attached hydrogen (secondary N) is 1. The van der Waals surface area contributed by atoms with Crippen LogP contribution in [-0.2, 0) is 32.5 Å². The maximum absolute atomic E-state index is 12.3. The van der Waals surface area contributed by atoms with Crippen molar-refractivity contribution < 1.29 is 27.2 Å². The molecule has 1 aromatic rings. The highest BCUT2D eigenvalue weighted by Crippen LogP contribution is 2.23. The van der Waals surface area contributed by atoms with Gasteiger partial charge in [0.05, 0.1) is 11.1 Å². The van der Waals surface area contributed by atoms with Gasteiger partial charge < -0.3 is 30.4 Å². The second-order valence-corrected chi connectivity index (χ2v) is 8.80. The van der Waals surface area contributed by atoms with Crippen LogP contribution in [0.3, 0.4) is 0 Å². The zero-order valence-corrected chi connectivity index (χ0v) is 16.7. The summed E-state index contributed by atoms with van der Waals surface area (Å²) < 4.78 is 17.4. The van der Waals surface area contributed by atoms with Crippen molar-refractivity contribution in [1.29, 1.82) is 0 Å². The van der Waals surface area contributed by atoms with E-state index in [1.54, 1.807) is 12.1 Å². The van der Waals surface area contributed by atoms with E-state index in [4.69, 9.17) is 26.1 Å². The number of fused-ring (bicyclic) bond motifs is 1. The molecular formula is C17H25NO5SSi. The smallest absolute Gasteiger partial charge is 0.477 e. The standard InChI is InChI=1S/C17H25NO5SSi/c1-4-21-25(22-5-2,23-6-3)12-8-10-13-9-7-11-14-15(13)17(20)18(24)16(14)19/h7,9,11,18H,4-6,8,10,12H2,1-3H3. The summed E-state index contributed by atoms with van der Waals surface area (Å²) in [4.78, 5) is 24.3. The predicted octanol–water partition coefficient (Wildman–Crippen LogP) is 1.31. The molecule has 8 heteroatoms. The molecule has 1 heterocycles. The molecule has 6 nitrogen and oxygen atoms in total. The Morgan fingerprint density at radius 2 is 1.60 bits per heavy atom. The summed E-state index contributed by atoms with van der Waals surface area (Å²) in [5, 5.41) is 0. The van der Waals surface area contributed by atoms with Gasteiger partial charge in [0.15, 0.2) is 0 Å². The number of benzene rings is 1. The van der Waals surface area contributed by atoms with Gasteiger partial charge in [-0.1, -0.05) is 12.1 Å². The summed E-state index contributed by atoms with van der Waals surface area (Å²) >= 11 is 4.95. The summed E-state index contributed by atoms with van der Waals surface area (Å²) in [6.07, 6.45) is 1.39. The highest BCUT2D eigenvalue weighted by Gasteiger charge is 2.40. The Morgan fingerprint density at radius 1 is 1.00 bits per heavy atom. The van der Waals surface area contributed by atoms with Crippen molar-refractivity contribution >= 4 is 33.4 Å². The van der Waals surface area contributed by atoms with Crippen LogP contribution in [0.1, 0.15) is 53.5 Å². The fourth-order valence-corrected chi connectivity index (χ4v) is 5.93. The topological polar surface area (TPSA) is 66.3 Å². The average Bonchev–Trinajstić information content (AvgIpc) is 2.81. The summed E-state index contributed by atoms with van der Waals surface area (Å²) in [6, 6.07) is 6.01. The van der Waals surface area contributed by atoms with Crippen molar-refractivity contribution in [1.82, 2.24) is 0 Å². The molecule has 0 bridgehead atoms. The molecule has 1 N–H and O–H groups in total. The van der Waals surface area contributed by atoms with E-state index in [1.165, 1.54) is 0 Å². The van der Waals surface area contributed by atoms with Crippen LogP contribution in [0.15, 0.2) is 18.2 Å². The van der Waals surface area contributed by atoms with E-state index in [9.17, 15) is 9.59 Å². The van der Waals surface area contributed by atoms with Crippen LogP contribution in [0.2, 0.25) is 6.04 Å². The first-order valence-electron chi connectivity index (χ1n) is 8.66.